The normalized spacial score (nSPS) is 16.6. The van der Waals surface area contributed by atoms with Crippen LogP contribution < -0.4 is 15.0 Å². The molecule has 9 heteroatoms. The topological polar surface area (TPSA) is 97.6 Å². The highest BCUT2D eigenvalue weighted by molar-refractivity contribution is 7.08. The molecule has 2 amide bonds. The zero-order valence-corrected chi connectivity index (χ0v) is 15.2. The number of methoxy groups -OCH3 is 1. The van der Waals surface area contributed by atoms with Gasteiger partial charge in [-0.05, 0) is 35.7 Å². The number of ether oxygens (including phenoxy) is 1. The molecule has 0 saturated carbocycles. The summed E-state index contributed by atoms with van der Waals surface area (Å²) in [5, 5.41) is 14.1. The molecule has 1 atom stereocenters. The molecule has 1 unspecified atom stereocenters. The highest BCUT2D eigenvalue weighted by Gasteiger charge is 2.35. The number of hydrogen-bond donors (Lipinski definition) is 1. The summed E-state index contributed by atoms with van der Waals surface area (Å²) >= 11 is 1.51. The molecule has 1 aliphatic rings. The van der Waals surface area contributed by atoms with Crippen molar-refractivity contribution >= 4 is 34.9 Å². The van der Waals surface area contributed by atoms with Crippen molar-refractivity contribution in [1.29, 1.82) is 0 Å². The van der Waals surface area contributed by atoms with Crippen LogP contribution in [0.2, 0.25) is 0 Å². The first kappa shape index (κ1) is 17.2. The number of carbonyl (C=O) groups excluding carboxylic acids is 2. The van der Waals surface area contributed by atoms with Crippen LogP contribution in [0.3, 0.4) is 0 Å². The molecule has 0 aliphatic carbocycles. The third-order valence-corrected chi connectivity index (χ3v) is 4.99. The molecular formula is C18H16N4O4S. The number of benzene rings is 1. The van der Waals surface area contributed by atoms with Crippen molar-refractivity contribution in [2.75, 3.05) is 23.9 Å². The number of nitrogens with one attached hydrogen (secondary N) is 1. The maximum Gasteiger partial charge on any atom is 0.322 e. The number of hydrogen-bond acceptors (Lipinski definition) is 7. The number of rotatable bonds is 5. The van der Waals surface area contributed by atoms with Gasteiger partial charge in [-0.2, -0.15) is 11.3 Å². The van der Waals surface area contributed by atoms with E-state index in [9.17, 15) is 9.59 Å². The highest BCUT2D eigenvalue weighted by Crippen LogP contribution is 2.28. The Morgan fingerprint density at radius 2 is 2.11 bits per heavy atom. The predicted molar refractivity (Wildman–Crippen MR) is 99.7 cm³/mol. The van der Waals surface area contributed by atoms with Gasteiger partial charge in [-0.1, -0.05) is 5.10 Å². The van der Waals surface area contributed by atoms with Gasteiger partial charge < -0.3 is 14.1 Å². The fourth-order valence-corrected chi connectivity index (χ4v) is 3.51. The largest absolute Gasteiger partial charge is 0.497 e. The Labute approximate surface area is 158 Å². The lowest BCUT2D eigenvalue weighted by Crippen LogP contribution is -2.28. The average molecular weight is 384 g/mol. The number of amides is 2. The third-order valence-electron chi connectivity index (χ3n) is 4.30. The van der Waals surface area contributed by atoms with E-state index in [2.05, 4.69) is 15.5 Å². The molecule has 0 spiro atoms. The maximum absolute atomic E-state index is 12.5. The standard InChI is InChI=1S/C18H16N4O4S/c1-25-14-4-2-13(3-5-14)22-9-12(8-15(22)23)16(24)19-18-21-20-17(26-18)11-6-7-27-10-11/h2-7,10,12H,8-9H2,1H3,(H,19,21,24). The van der Waals surface area contributed by atoms with Crippen LogP contribution in [0.4, 0.5) is 11.7 Å². The fraction of sp³-hybridized carbons (Fsp3) is 0.222. The van der Waals surface area contributed by atoms with Gasteiger partial charge in [0.1, 0.15) is 5.75 Å². The molecule has 27 heavy (non-hydrogen) atoms. The Kier molecular flexibility index (Phi) is 4.59. The molecule has 0 bridgehead atoms. The Morgan fingerprint density at radius 3 is 2.81 bits per heavy atom. The van der Waals surface area contributed by atoms with Crippen LogP contribution in [-0.4, -0.2) is 35.7 Å². The van der Waals surface area contributed by atoms with Crippen LogP contribution in [0.1, 0.15) is 6.42 Å². The molecule has 1 saturated heterocycles. The monoisotopic (exact) mass is 384 g/mol. The number of aromatic nitrogens is 2. The fourth-order valence-electron chi connectivity index (χ4n) is 2.88. The van der Waals surface area contributed by atoms with E-state index >= 15 is 0 Å². The van der Waals surface area contributed by atoms with Crippen molar-refractivity contribution in [3.05, 3.63) is 41.1 Å². The van der Waals surface area contributed by atoms with Crippen LogP contribution in [0.5, 0.6) is 5.75 Å². The van der Waals surface area contributed by atoms with Crippen LogP contribution >= 0.6 is 11.3 Å². The second kappa shape index (κ2) is 7.20. The molecular weight excluding hydrogens is 368 g/mol. The van der Waals surface area contributed by atoms with Crippen molar-refractivity contribution in [3.63, 3.8) is 0 Å². The van der Waals surface area contributed by atoms with Gasteiger partial charge in [0.05, 0.1) is 13.0 Å². The SMILES string of the molecule is COc1ccc(N2CC(C(=O)Nc3nnc(-c4ccsc4)o3)CC2=O)cc1. The van der Waals surface area contributed by atoms with E-state index < -0.39 is 5.92 Å². The summed E-state index contributed by atoms with van der Waals surface area (Å²) in [5.41, 5.74) is 1.53. The first-order valence-corrected chi connectivity index (χ1v) is 9.19. The Hall–Kier alpha value is -3.20. The molecule has 1 fully saturated rings. The van der Waals surface area contributed by atoms with Gasteiger partial charge in [0.2, 0.25) is 11.8 Å². The second-order valence-electron chi connectivity index (χ2n) is 6.02. The van der Waals surface area contributed by atoms with E-state index in [1.165, 1.54) is 11.3 Å². The molecule has 138 valence electrons. The van der Waals surface area contributed by atoms with Crippen molar-refractivity contribution < 1.29 is 18.7 Å². The van der Waals surface area contributed by atoms with E-state index in [1.807, 2.05) is 16.8 Å². The summed E-state index contributed by atoms with van der Waals surface area (Å²) in [7, 11) is 1.58. The van der Waals surface area contributed by atoms with Crippen LogP contribution in [-0.2, 0) is 9.59 Å². The molecule has 8 nitrogen and oxygen atoms in total. The van der Waals surface area contributed by atoms with Crippen molar-refractivity contribution in [2.24, 2.45) is 5.92 Å². The number of carbonyl (C=O) groups is 2. The van der Waals surface area contributed by atoms with E-state index in [0.29, 0.717) is 18.2 Å². The number of anilines is 2. The lowest BCUT2D eigenvalue weighted by Gasteiger charge is -2.16. The highest BCUT2D eigenvalue weighted by atomic mass is 32.1. The minimum atomic E-state index is -0.490. The Bertz CT molecular complexity index is 952. The summed E-state index contributed by atoms with van der Waals surface area (Å²) in [6.07, 6.45) is 0.128. The van der Waals surface area contributed by atoms with Gasteiger partial charge in [0, 0.05) is 29.6 Å². The van der Waals surface area contributed by atoms with E-state index in [1.54, 1.807) is 36.3 Å². The van der Waals surface area contributed by atoms with E-state index in [4.69, 9.17) is 9.15 Å². The van der Waals surface area contributed by atoms with Gasteiger partial charge in [-0.15, -0.1) is 5.10 Å². The minimum absolute atomic E-state index is 0.0246. The lowest BCUT2D eigenvalue weighted by atomic mass is 10.1. The van der Waals surface area contributed by atoms with Crippen LogP contribution in [0.15, 0.2) is 45.5 Å². The number of thiophene rings is 1. The van der Waals surface area contributed by atoms with Gasteiger partial charge in [-0.25, -0.2) is 0 Å². The van der Waals surface area contributed by atoms with Crippen LogP contribution in [0, 0.1) is 5.92 Å². The zero-order chi connectivity index (χ0) is 18.8. The van der Waals surface area contributed by atoms with Crippen LogP contribution in [0.25, 0.3) is 11.5 Å². The zero-order valence-electron chi connectivity index (χ0n) is 14.4. The van der Waals surface area contributed by atoms with Gasteiger partial charge in [0.15, 0.2) is 0 Å². The molecule has 0 radical (unpaired) electrons. The molecule has 2 aromatic heterocycles. The Morgan fingerprint density at radius 1 is 1.30 bits per heavy atom. The molecule has 3 heterocycles. The quantitative estimate of drug-likeness (QED) is 0.726. The van der Waals surface area contributed by atoms with E-state index in [0.717, 1.165) is 11.3 Å². The number of nitrogens with zero attached hydrogens (tertiary/aromatic N) is 3. The maximum atomic E-state index is 12.5. The minimum Gasteiger partial charge on any atom is -0.497 e. The van der Waals surface area contributed by atoms with Crippen molar-refractivity contribution in [3.8, 4) is 17.2 Å². The molecule has 1 N–H and O–H groups in total. The summed E-state index contributed by atoms with van der Waals surface area (Å²) < 4.78 is 10.6. The lowest BCUT2D eigenvalue weighted by molar-refractivity contribution is -0.122. The van der Waals surface area contributed by atoms with Gasteiger partial charge >= 0.3 is 6.01 Å². The van der Waals surface area contributed by atoms with Crippen molar-refractivity contribution in [1.82, 2.24) is 10.2 Å². The Balaban J connectivity index is 1.41. The second-order valence-corrected chi connectivity index (χ2v) is 6.80. The third kappa shape index (κ3) is 3.54. The van der Waals surface area contributed by atoms with Gasteiger partial charge in [0.25, 0.3) is 5.89 Å². The molecule has 3 aromatic rings. The summed E-state index contributed by atoms with van der Waals surface area (Å²) in [4.78, 5) is 26.4. The van der Waals surface area contributed by atoms with Crippen molar-refractivity contribution in [2.45, 2.75) is 6.42 Å². The predicted octanol–water partition coefficient (Wildman–Crippen LogP) is 2.80. The smallest absolute Gasteiger partial charge is 0.322 e. The summed E-state index contributed by atoms with van der Waals surface area (Å²) in [6.45, 7) is 0.294. The summed E-state index contributed by atoms with van der Waals surface area (Å²) in [6, 6.07) is 9.02. The molecule has 4 rings (SSSR count). The van der Waals surface area contributed by atoms with E-state index in [-0.39, 0.29) is 24.2 Å². The van der Waals surface area contributed by atoms with Gasteiger partial charge in [-0.3, -0.25) is 14.9 Å². The first-order valence-electron chi connectivity index (χ1n) is 8.25. The molecule has 1 aliphatic heterocycles. The first-order chi connectivity index (χ1) is 13.1. The average Bonchev–Trinajstić information content (AvgIpc) is 3.42. The summed E-state index contributed by atoms with van der Waals surface area (Å²) in [5.74, 6) is 0.132. The molecule has 1 aromatic carbocycles.